The molecule has 0 atom stereocenters. The lowest BCUT2D eigenvalue weighted by Gasteiger charge is -2.12. The van der Waals surface area contributed by atoms with Crippen LogP contribution >= 0.6 is 0 Å². The van der Waals surface area contributed by atoms with Crippen LogP contribution in [0.5, 0.6) is 0 Å². The molecule has 24 heavy (non-hydrogen) atoms. The fourth-order valence-corrected chi connectivity index (χ4v) is 2.30. The summed E-state index contributed by atoms with van der Waals surface area (Å²) in [4.78, 5) is 23.2. The van der Waals surface area contributed by atoms with Crippen LogP contribution in [0.2, 0.25) is 0 Å². The SMILES string of the molecule is Cc1ccc(NC(=O)c2cc(C)nc(NCCN(C)C)n2)c(C)c1. The first-order valence-corrected chi connectivity index (χ1v) is 7.98. The van der Waals surface area contributed by atoms with Gasteiger partial charge < -0.3 is 15.5 Å². The smallest absolute Gasteiger partial charge is 0.274 e. The van der Waals surface area contributed by atoms with Gasteiger partial charge in [0, 0.05) is 24.5 Å². The Labute approximate surface area is 143 Å². The van der Waals surface area contributed by atoms with E-state index in [-0.39, 0.29) is 5.91 Å². The van der Waals surface area contributed by atoms with Gasteiger partial charge in [0.05, 0.1) is 0 Å². The second kappa shape index (κ2) is 7.88. The van der Waals surface area contributed by atoms with Gasteiger partial charge in [-0.25, -0.2) is 9.97 Å². The third-order valence-electron chi connectivity index (χ3n) is 3.56. The zero-order valence-electron chi connectivity index (χ0n) is 15.0. The first-order valence-electron chi connectivity index (χ1n) is 7.98. The number of hydrogen-bond acceptors (Lipinski definition) is 5. The zero-order chi connectivity index (χ0) is 17.7. The lowest BCUT2D eigenvalue weighted by Crippen LogP contribution is -2.22. The second-order valence-electron chi connectivity index (χ2n) is 6.22. The van der Waals surface area contributed by atoms with Crippen LogP contribution in [0.25, 0.3) is 0 Å². The molecule has 0 unspecified atom stereocenters. The molecular formula is C18H25N5O. The van der Waals surface area contributed by atoms with Gasteiger partial charge in [-0.15, -0.1) is 0 Å². The summed E-state index contributed by atoms with van der Waals surface area (Å²) in [7, 11) is 4.00. The van der Waals surface area contributed by atoms with Gasteiger partial charge in [-0.3, -0.25) is 4.79 Å². The van der Waals surface area contributed by atoms with E-state index in [1.54, 1.807) is 6.07 Å². The summed E-state index contributed by atoms with van der Waals surface area (Å²) in [6.45, 7) is 7.43. The molecule has 0 saturated carbocycles. The second-order valence-corrected chi connectivity index (χ2v) is 6.22. The Morgan fingerprint density at radius 2 is 1.88 bits per heavy atom. The zero-order valence-corrected chi connectivity index (χ0v) is 15.0. The number of rotatable bonds is 6. The number of likely N-dealkylation sites (N-methyl/N-ethyl adjacent to an activating group) is 1. The van der Waals surface area contributed by atoms with Crippen molar-refractivity contribution in [2.45, 2.75) is 20.8 Å². The topological polar surface area (TPSA) is 70.2 Å². The van der Waals surface area contributed by atoms with E-state index in [1.807, 2.05) is 53.1 Å². The summed E-state index contributed by atoms with van der Waals surface area (Å²) in [5.41, 5.74) is 4.09. The van der Waals surface area contributed by atoms with Crippen molar-refractivity contribution in [2.75, 3.05) is 37.8 Å². The number of carbonyl (C=O) groups is 1. The van der Waals surface area contributed by atoms with E-state index in [2.05, 4.69) is 25.5 Å². The van der Waals surface area contributed by atoms with Crippen molar-refractivity contribution in [3.8, 4) is 0 Å². The molecule has 1 amide bonds. The first-order chi connectivity index (χ1) is 11.3. The van der Waals surface area contributed by atoms with Gasteiger partial charge >= 0.3 is 0 Å². The van der Waals surface area contributed by atoms with Gasteiger partial charge in [0.1, 0.15) is 5.69 Å². The molecule has 1 aromatic heterocycles. The minimum absolute atomic E-state index is 0.233. The van der Waals surface area contributed by atoms with E-state index in [1.165, 1.54) is 0 Å². The number of aromatic nitrogens is 2. The van der Waals surface area contributed by atoms with Crippen molar-refractivity contribution in [1.82, 2.24) is 14.9 Å². The Balaban J connectivity index is 2.12. The van der Waals surface area contributed by atoms with Crippen LogP contribution in [0, 0.1) is 20.8 Å². The number of nitrogens with zero attached hydrogens (tertiary/aromatic N) is 3. The predicted molar refractivity (Wildman–Crippen MR) is 97.7 cm³/mol. The van der Waals surface area contributed by atoms with Crippen molar-refractivity contribution < 1.29 is 4.79 Å². The van der Waals surface area contributed by atoms with E-state index in [0.717, 1.165) is 29.1 Å². The standard InChI is InChI=1S/C18H25N5O/c1-12-6-7-15(13(2)10-12)21-17(24)16-11-14(3)20-18(22-16)19-8-9-23(4)5/h6-7,10-11H,8-9H2,1-5H3,(H,21,24)(H,19,20,22). The molecule has 0 saturated heterocycles. The summed E-state index contributed by atoms with van der Waals surface area (Å²) in [6.07, 6.45) is 0. The van der Waals surface area contributed by atoms with Gasteiger partial charge in [-0.05, 0) is 52.6 Å². The highest BCUT2D eigenvalue weighted by Crippen LogP contribution is 2.17. The summed E-state index contributed by atoms with van der Waals surface area (Å²) in [5.74, 6) is 0.241. The largest absolute Gasteiger partial charge is 0.353 e. The molecule has 6 nitrogen and oxygen atoms in total. The van der Waals surface area contributed by atoms with Crippen molar-refractivity contribution in [2.24, 2.45) is 0 Å². The van der Waals surface area contributed by atoms with E-state index < -0.39 is 0 Å². The van der Waals surface area contributed by atoms with Crippen LogP contribution in [0.3, 0.4) is 0 Å². The minimum atomic E-state index is -0.233. The summed E-state index contributed by atoms with van der Waals surface area (Å²) in [5, 5.41) is 6.07. The number of hydrogen-bond donors (Lipinski definition) is 2. The molecule has 128 valence electrons. The highest BCUT2D eigenvalue weighted by Gasteiger charge is 2.12. The van der Waals surface area contributed by atoms with Crippen molar-refractivity contribution >= 4 is 17.5 Å². The Bertz CT molecular complexity index is 727. The van der Waals surface area contributed by atoms with Gasteiger partial charge in [-0.2, -0.15) is 0 Å². The molecule has 0 fully saturated rings. The monoisotopic (exact) mass is 327 g/mol. The van der Waals surface area contributed by atoms with Gasteiger partial charge in [0.2, 0.25) is 5.95 Å². The molecule has 0 spiro atoms. The molecule has 0 aliphatic rings. The molecular weight excluding hydrogens is 302 g/mol. The Morgan fingerprint density at radius 3 is 2.54 bits per heavy atom. The molecule has 2 aromatic rings. The maximum Gasteiger partial charge on any atom is 0.274 e. The van der Waals surface area contributed by atoms with Crippen molar-refractivity contribution in [3.63, 3.8) is 0 Å². The average Bonchev–Trinajstić information content (AvgIpc) is 2.49. The summed E-state index contributed by atoms with van der Waals surface area (Å²) >= 11 is 0. The third-order valence-corrected chi connectivity index (χ3v) is 3.56. The van der Waals surface area contributed by atoms with E-state index in [9.17, 15) is 4.79 Å². The van der Waals surface area contributed by atoms with Crippen LogP contribution in [0.4, 0.5) is 11.6 Å². The highest BCUT2D eigenvalue weighted by molar-refractivity contribution is 6.03. The normalized spacial score (nSPS) is 10.8. The number of benzene rings is 1. The number of aryl methyl sites for hydroxylation is 3. The van der Waals surface area contributed by atoms with Gasteiger partial charge in [-0.1, -0.05) is 17.7 Å². The van der Waals surface area contributed by atoms with Gasteiger partial charge in [0.15, 0.2) is 0 Å². The average molecular weight is 327 g/mol. The first kappa shape index (κ1) is 17.9. The van der Waals surface area contributed by atoms with Crippen LogP contribution in [-0.2, 0) is 0 Å². The molecule has 1 aromatic carbocycles. The van der Waals surface area contributed by atoms with E-state index in [0.29, 0.717) is 18.2 Å². The Morgan fingerprint density at radius 1 is 1.12 bits per heavy atom. The van der Waals surface area contributed by atoms with Gasteiger partial charge in [0.25, 0.3) is 5.91 Å². The Hall–Kier alpha value is -2.47. The lowest BCUT2D eigenvalue weighted by atomic mass is 10.1. The fraction of sp³-hybridized carbons (Fsp3) is 0.389. The van der Waals surface area contributed by atoms with Crippen LogP contribution in [0.1, 0.15) is 27.3 Å². The third kappa shape index (κ3) is 5.03. The molecule has 6 heteroatoms. The number of anilines is 2. The molecule has 2 rings (SSSR count). The molecule has 0 bridgehead atoms. The summed E-state index contributed by atoms with van der Waals surface area (Å²) in [6, 6.07) is 7.61. The van der Waals surface area contributed by atoms with Crippen molar-refractivity contribution in [3.05, 3.63) is 46.8 Å². The molecule has 2 N–H and O–H groups in total. The number of amides is 1. The lowest BCUT2D eigenvalue weighted by molar-refractivity contribution is 0.102. The molecule has 1 heterocycles. The molecule has 0 aliphatic carbocycles. The highest BCUT2D eigenvalue weighted by atomic mass is 16.1. The maximum absolute atomic E-state index is 12.5. The number of carbonyl (C=O) groups excluding carboxylic acids is 1. The van der Waals surface area contributed by atoms with Crippen molar-refractivity contribution in [1.29, 1.82) is 0 Å². The predicted octanol–water partition coefficient (Wildman–Crippen LogP) is 2.63. The molecule has 0 radical (unpaired) electrons. The van der Waals surface area contributed by atoms with Crippen LogP contribution in [0.15, 0.2) is 24.3 Å². The van der Waals surface area contributed by atoms with E-state index >= 15 is 0 Å². The quantitative estimate of drug-likeness (QED) is 0.853. The van der Waals surface area contributed by atoms with E-state index in [4.69, 9.17) is 0 Å². The van der Waals surface area contributed by atoms with Crippen LogP contribution in [-0.4, -0.2) is 48.0 Å². The maximum atomic E-state index is 12.5. The molecule has 0 aliphatic heterocycles. The number of nitrogens with one attached hydrogen (secondary N) is 2. The van der Waals surface area contributed by atoms with Crippen LogP contribution < -0.4 is 10.6 Å². The fourth-order valence-electron chi connectivity index (χ4n) is 2.30. The summed E-state index contributed by atoms with van der Waals surface area (Å²) < 4.78 is 0. The minimum Gasteiger partial charge on any atom is -0.353 e. The Kier molecular flexibility index (Phi) is 5.87.